The number of rotatable bonds is 3. The molecule has 1 aromatic heterocycles. The minimum absolute atomic E-state index is 0.213. The molecule has 0 aliphatic rings. The Morgan fingerprint density at radius 3 is 2.36 bits per heavy atom. The van der Waals surface area contributed by atoms with E-state index in [2.05, 4.69) is 11.6 Å². The molecule has 0 aromatic carbocycles. The van der Waals surface area contributed by atoms with E-state index in [1.807, 2.05) is 6.92 Å². The van der Waals surface area contributed by atoms with E-state index in [1.54, 1.807) is 19.3 Å². The first-order valence-electron chi connectivity index (χ1n) is 4.13. The molecule has 1 rings (SSSR count). The normalized spacial score (nSPS) is 12.3. The van der Waals surface area contributed by atoms with Crippen LogP contribution in [0.3, 0.4) is 0 Å². The molecule has 0 saturated carbocycles. The molecule has 0 radical (unpaired) electrons. The Hall–Kier alpha value is -0.730. The molecule has 1 atom stereocenters. The highest BCUT2D eigenvalue weighted by Gasteiger charge is 2.14. The van der Waals surface area contributed by atoms with Crippen molar-refractivity contribution in [1.82, 2.24) is 4.98 Å². The SMILES string of the molecule is C=C(C)O[C@H](C)c1c(Cl)cncc1Cl. The lowest BCUT2D eigenvalue weighted by molar-refractivity contribution is 0.136. The third kappa shape index (κ3) is 2.63. The summed E-state index contributed by atoms with van der Waals surface area (Å²) in [5.41, 5.74) is 0.742. The summed E-state index contributed by atoms with van der Waals surface area (Å²) in [5, 5.41) is 1.01. The van der Waals surface area contributed by atoms with Crippen LogP contribution in [-0.4, -0.2) is 4.98 Å². The van der Waals surface area contributed by atoms with Crippen LogP contribution in [0.1, 0.15) is 25.5 Å². The van der Waals surface area contributed by atoms with Crippen molar-refractivity contribution in [2.24, 2.45) is 0 Å². The quantitative estimate of drug-likeness (QED) is 0.734. The molecule has 76 valence electrons. The molecule has 0 saturated heterocycles. The molecule has 0 N–H and O–H groups in total. The van der Waals surface area contributed by atoms with E-state index in [9.17, 15) is 0 Å². The lowest BCUT2D eigenvalue weighted by atomic mass is 10.2. The number of aromatic nitrogens is 1. The number of halogens is 2. The Balaban J connectivity index is 2.99. The van der Waals surface area contributed by atoms with Crippen LogP contribution in [0.2, 0.25) is 10.0 Å². The molecule has 1 aromatic rings. The number of allylic oxidation sites excluding steroid dienone is 1. The first kappa shape index (κ1) is 11.3. The summed E-state index contributed by atoms with van der Waals surface area (Å²) in [7, 11) is 0. The standard InChI is InChI=1S/C10H11Cl2NO/c1-6(2)14-7(3)10-8(11)4-13-5-9(10)12/h4-5,7H,1H2,2-3H3/t7-/m1/s1. The lowest BCUT2D eigenvalue weighted by Crippen LogP contribution is -2.00. The van der Waals surface area contributed by atoms with Crippen LogP contribution in [0.4, 0.5) is 0 Å². The topological polar surface area (TPSA) is 22.1 Å². The van der Waals surface area contributed by atoms with E-state index in [0.717, 1.165) is 5.56 Å². The predicted molar refractivity (Wildman–Crippen MR) is 58.6 cm³/mol. The Bertz CT molecular complexity index is 332. The maximum atomic E-state index is 5.95. The zero-order chi connectivity index (χ0) is 10.7. The molecule has 4 heteroatoms. The summed E-state index contributed by atoms with van der Waals surface area (Å²) >= 11 is 11.9. The number of hydrogen-bond acceptors (Lipinski definition) is 2. The van der Waals surface area contributed by atoms with Gasteiger partial charge in [0, 0.05) is 18.0 Å². The van der Waals surface area contributed by atoms with Gasteiger partial charge in [0.2, 0.25) is 0 Å². The van der Waals surface area contributed by atoms with Crippen molar-refractivity contribution in [3.63, 3.8) is 0 Å². The third-order valence-electron chi connectivity index (χ3n) is 1.67. The fourth-order valence-corrected chi connectivity index (χ4v) is 1.84. The van der Waals surface area contributed by atoms with Gasteiger partial charge >= 0.3 is 0 Å². The van der Waals surface area contributed by atoms with Crippen molar-refractivity contribution in [1.29, 1.82) is 0 Å². The Kier molecular flexibility index (Phi) is 3.78. The van der Waals surface area contributed by atoms with Crippen LogP contribution >= 0.6 is 23.2 Å². The summed E-state index contributed by atoms with van der Waals surface area (Å²) in [6, 6.07) is 0. The van der Waals surface area contributed by atoms with Gasteiger partial charge in [-0.05, 0) is 13.8 Å². The minimum atomic E-state index is -0.213. The molecule has 0 amide bonds. The maximum Gasteiger partial charge on any atom is 0.123 e. The summed E-state index contributed by atoms with van der Waals surface area (Å²) < 4.78 is 5.41. The van der Waals surface area contributed by atoms with Gasteiger partial charge in [-0.25, -0.2) is 0 Å². The highest BCUT2D eigenvalue weighted by molar-refractivity contribution is 6.35. The highest BCUT2D eigenvalue weighted by Crippen LogP contribution is 2.31. The molecule has 0 spiro atoms. The maximum absolute atomic E-state index is 5.95. The zero-order valence-electron chi connectivity index (χ0n) is 8.05. The monoisotopic (exact) mass is 231 g/mol. The second-order valence-electron chi connectivity index (χ2n) is 2.98. The van der Waals surface area contributed by atoms with Crippen LogP contribution in [0.5, 0.6) is 0 Å². The average molecular weight is 232 g/mol. The molecule has 14 heavy (non-hydrogen) atoms. The Morgan fingerprint density at radius 2 is 1.93 bits per heavy atom. The summed E-state index contributed by atoms with van der Waals surface area (Å²) in [6.45, 7) is 7.30. The van der Waals surface area contributed by atoms with Gasteiger partial charge in [0.05, 0.1) is 15.8 Å². The predicted octanol–water partition coefficient (Wildman–Crippen LogP) is 4.00. The minimum Gasteiger partial charge on any atom is -0.491 e. The Labute approximate surface area is 93.5 Å². The van der Waals surface area contributed by atoms with Crippen LogP contribution < -0.4 is 0 Å². The molecule has 2 nitrogen and oxygen atoms in total. The van der Waals surface area contributed by atoms with E-state index in [0.29, 0.717) is 15.8 Å². The summed E-state index contributed by atoms with van der Waals surface area (Å²) in [5.74, 6) is 0.626. The van der Waals surface area contributed by atoms with Crippen LogP contribution in [-0.2, 0) is 4.74 Å². The number of nitrogens with zero attached hydrogens (tertiary/aromatic N) is 1. The van der Waals surface area contributed by atoms with Crippen molar-refractivity contribution in [3.05, 3.63) is 40.3 Å². The smallest absolute Gasteiger partial charge is 0.123 e. The van der Waals surface area contributed by atoms with Crippen LogP contribution in [0, 0.1) is 0 Å². The van der Waals surface area contributed by atoms with E-state index in [-0.39, 0.29) is 6.10 Å². The average Bonchev–Trinajstić information content (AvgIpc) is 2.01. The van der Waals surface area contributed by atoms with Crippen molar-refractivity contribution in [3.8, 4) is 0 Å². The van der Waals surface area contributed by atoms with Gasteiger partial charge in [0.1, 0.15) is 6.10 Å². The van der Waals surface area contributed by atoms with Gasteiger partial charge in [-0.2, -0.15) is 0 Å². The number of pyridine rings is 1. The zero-order valence-corrected chi connectivity index (χ0v) is 9.56. The van der Waals surface area contributed by atoms with Crippen LogP contribution in [0.25, 0.3) is 0 Å². The van der Waals surface area contributed by atoms with Crippen molar-refractivity contribution in [2.75, 3.05) is 0 Å². The molecular weight excluding hydrogens is 221 g/mol. The molecule has 0 unspecified atom stereocenters. The van der Waals surface area contributed by atoms with E-state index in [4.69, 9.17) is 27.9 Å². The Morgan fingerprint density at radius 1 is 1.43 bits per heavy atom. The molecular formula is C10H11Cl2NO. The van der Waals surface area contributed by atoms with E-state index in [1.165, 1.54) is 0 Å². The molecule has 1 heterocycles. The summed E-state index contributed by atoms with van der Waals surface area (Å²) in [4.78, 5) is 3.86. The lowest BCUT2D eigenvalue weighted by Gasteiger charge is -2.16. The second kappa shape index (κ2) is 4.67. The van der Waals surface area contributed by atoms with E-state index >= 15 is 0 Å². The number of ether oxygens (including phenoxy) is 1. The highest BCUT2D eigenvalue weighted by atomic mass is 35.5. The van der Waals surface area contributed by atoms with Crippen molar-refractivity contribution in [2.45, 2.75) is 20.0 Å². The fraction of sp³-hybridized carbons (Fsp3) is 0.300. The molecule has 0 aliphatic carbocycles. The first-order chi connectivity index (χ1) is 6.52. The fourth-order valence-electron chi connectivity index (χ4n) is 1.17. The van der Waals surface area contributed by atoms with Gasteiger partial charge in [-0.15, -0.1) is 0 Å². The van der Waals surface area contributed by atoms with Crippen molar-refractivity contribution >= 4 is 23.2 Å². The largest absolute Gasteiger partial charge is 0.491 e. The molecule has 0 aliphatic heterocycles. The first-order valence-corrected chi connectivity index (χ1v) is 4.89. The van der Waals surface area contributed by atoms with Gasteiger partial charge in [0.25, 0.3) is 0 Å². The third-order valence-corrected chi connectivity index (χ3v) is 2.28. The summed E-state index contributed by atoms with van der Waals surface area (Å²) in [6.07, 6.45) is 2.87. The van der Waals surface area contributed by atoms with Gasteiger partial charge in [-0.3, -0.25) is 4.98 Å². The van der Waals surface area contributed by atoms with Crippen molar-refractivity contribution < 1.29 is 4.74 Å². The molecule has 0 bridgehead atoms. The van der Waals surface area contributed by atoms with Gasteiger partial charge in [0.15, 0.2) is 0 Å². The van der Waals surface area contributed by atoms with Crippen LogP contribution in [0.15, 0.2) is 24.7 Å². The number of hydrogen-bond donors (Lipinski definition) is 0. The molecule has 0 fully saturated rings. The van der Waals surface area contributed by atoms with Gasteiger partial charge < -0.3 is 4.74 Å². The van der Waals surface area contributed by atoms with Gasteiger partial charge in [-0.1, -0.05) is 29.8 Å². The second-order valence-corrected chi connectivity index (χ2v) is 3.79. The van der Waals surface area contributed by atoms with E-state index < -0.39 is 0 Å².